The summed E-state index contributed by atoms with van der Waals surface area (Å²) < 4.78 is 5.22. The van der Waals surface area contributed by atoms with Crippen LogP contribution in [0.5, 0.6) is 5.75 Å². The molecule has 0 saturated carbocycles. The van der Waals surface area contributed by atoms with E-state index in [2.05, 4.69) is 22.0 Å². The number of hydrogen-bond donors (Lipinski definition) is 1. The number of benzene rings is 1. The fourth-order valence-electron chi connectivity index (χ4n) is 4.17. The molecule has 1 amide bonds. The van der Waals surface area contributed by atoms with Gasteiger partial charge in [0.1, 0.15) is 11.4 Å². The van der Waals surface area contributed by atoms with Gasteiger partial charge in [-0.15, -0.1) is 0 Å². The summed E-state index contributed by atoms with van der Waals surface area (Å²) in [4.78, 5) is 32.7. The molecular weight excluding hydrogens is 366 g/mol. The summed E-state index contributed by atoms with van der Waals surface area (Å²) in [6.45, 7) is 9.49. The summed E-state index contributed by atoms with van der Waals surface area (Å²) >= 11 is 0. The van der Waals surface area contributed by atoms with Crippen molar-refractivity contribution in [1.29, 1.82) is 0 Å². The van der Waals surface area contributed by atoms with Gasteiger partial charge in [0.2, 0.25) is 0 Å². The maximum atomic E-state index is 13.2. The minimum absolute atomic E-state index is 0.00347. The molecule has 1 N–H and O–H groups in total. The number of H-pyrrole nitrogens is 1. The number of Topliss-reactive ketones (excluding diaryl/α,β-unsaturated/α-hetero) is 1. The predicted molar refractivity (Wildman–Crippen MR) is 114 cm³/mol. The molecule has 0 aliphatic carbocycles. The van der Waals surface area contributed by atoms with Gasteiger partial charge in [0.05, 0.1) is 7.11 Å². The second-order valence-electron chi connectivity index (χ2n) is 7.66. The van der Waals surface area contributed by atoms with Gasteiger partial charge >= 0.3 is 0 Å². The summed E-state index contributed by atoms with van der Waals surface area (Å²) in [5, 5.41) is 0. The maximum absolute atomic E-state index is 13.2. The van der Waals surface area contributed by atoms with Gasteiger partial charge < -0.3 is 14.6 Å². The van der Waals surface area contributed by atoms with Gasteiger partial charge in [-0.3, -0.25) is 14.5 Å². The van der Waals surface area contributed by atoms with Gasteiger partial charge in [0, 0.05) is 44.0 Å². The van der Waals surface area contributed by atoms with E-state index >= 15 is 0 Å². The summed E-state index contributed by atoms with van der Waals surface area (Å²) in [5.41, 5.74) is 4.13. The van der Waals surface area contributed by atoms with E-state index < -0.39 is 0 Å². The lowest BCUT2D eigenvalue weighted by Crippen LogP contribution is -2.35. The van der Waals surface area contributed by atoms with Crippen molar-refractivity contribution >= 4 is 11.7 Å². The number of aromatic amines is 1. The van der Waals surface area contributed by atoms with Gasteiger partial charge in [0.25, 0.3) is 5.91 Å². The number of nitrogens with one attached hydrogen (secondary N) is 1. The third kappa shape index (κ3) is 4.70. The first-order chi connectivity index (χ1) is 13.9. The molecule has 29 heavy (non-hydrogen) atoms. The van der Waals surface area contributed by atoms with Crippen LogP contribution in [0.1, 0.15) is 57.9 Å². The molecule has 0 bridgehead atoms. The van der Waals surface area contributed by atoms with Crippen LogP contribution < -0.4 is 4.74 Å². The van der Waals surface area contributed by atoms with Crippen molar-refractivity contribution in [1.82, 2.24) is 14.8 Å². The van der Waals surface area contributed by atoms with Crippen molar-refractivity contribution in [3.63, 3.8) is 0 Å². The summed E-state index contributed by atoms with van der Waals surface area (Å²) in [7, 11) is 1.67. The van der Waals surface area contributed by atoms with Gasteiger partial charge in [-0.1, -0.05) is 19.1 Å². The van der Waals surface area contributed by atoms with Crippen molar-refractivity contribution in [2.45, 2.75) is 40.2 Å². The van der Waals surface area contributed by atoms with Crippen LogP contribution in [0.4, 0.5) is 0 Å². The monoisotopic (exact) mass is 397 g/mol. The van der Waals surface area contributed by atoms with E-state index in [0.29, 0.717) is 24.2 Å². The van der Waals surface area contributed by atoms with Crippen LogP contribution in [0.3, 0.4) is 0 Å². The first-order valence-corrected chi connectivity index (χ1v) is 10.3. The molecule has 3 rings (SSSR count). The predicted octanol–water partition coefficient (Wildman–Crippen LogP) is 3.44. The number of amides is 1. The molecule has 6 heteroatoms. The normalized spacial score (nSPS) is 15.2. The first kappa shape index (κ1) is 21.1. The number of aryl methyl sites for hydroxylation is 1. The molecule has 1 aliphatic rings. The van der Waals surface area contributed by atoms with Crippen molar-refractivity contribution in [3.8, 4) is 5.75 Å². The Morgan fingerprint density at radius 2 is 1.83 bits per heavy atom. The Labute approximate surface area is 172 Å². The number of ether oxygens (including phenoxy) is 1. The molecule has 1 fully saturated rings. The molecule has 1 aliphatic heterocycles. The average molecular weight is 398 g/mol. The van der Waals surface area contributed by atoms with E-state index in [4.69, 9.17) is 4.74 Å². The van der Waals surface area contributed by atoms with Crippen molar-refractivity contribution in [3.05, 3.63) is 52.3 Å². The Hall–Kier alpha value is -2.60. The third-order valence-electron chi connectivity index (χ3n) is 5.65. The largest absolute Gasteiger partial charge is 0.497 e. The minimum atomic E-state index is 0.00347. The lowest BCUT2D eigenvalue weighted by atomic mass is 10.0. The highest BCUT2D eigenvalue weighted by atomic mass is 16.5. The quantitative estimate of drug-likeness (QED) is 0.759. The number of carbonyl (C=O) groups excluding carboxylic acids is 2. The molecule has 156 valence electrons. The van der Waals surface area contributed by atoms with E-state index in [-0.39, 0.29) is 11.7 Å². The SMILES string of the molecule is CCc1c(C(=O)N2CCCN(Cc3ccc(OC)cc3)CC2)[nH]c(C)c1C(C)=O. The van der Waals surface area contributed by atoms with Crippen LogP contribution in [0, 0.1) is 6.92 Å². The van der Waals surface area contributed by atoms with Crippen LogP contribution in [0.2, 0.25) is 0 Å². The Balaban J connectivity index is 1.68. The summed E-state index contributed by atoms with van der Waals surface area (Å²) in [5.74, 6) is 0.874. The zero-order chi connectivity index (χ0) is 21.0. The molecule has 2 aromatic rings. The second-order valence-corrected chi connectivity index (χ2v) is 7.66. The molecule has 1 aromatic heterocycles. The number of ketones is 1. The number of carbonyl (C=O) groups is 2. The highest BCUT2D eigenvalue weighted by molar-refractivity contribution is 6.02. The highest BCUT2D eigenvalue weighted by Gasteiger charge is 2.26. The van der Waals surface area contributed by atoms with Crippen LogP contribution in [0.15, 0.2) is 24.3 Å². The molecule has 6 nitrogen and oxygen atoms in total. The van der Waals surface area contributed by atoms with Crippen LogP contribution >= 0.6 is 0 Å². The molecule has 1 aromatic carbocycles. The van der Waals surface area contributed by atoms with Crippen LogP contribution in [-0.4, -0.2) is 59.8 Å². The van der Waals surface area contributed by atoms with Crippen molar-refractivity contribution in [2.24, 2.45) is 0 Å². The van der Waals surface area contributed by atoms with Crippen LogP contribution in [-0.2, 0) is 13.0 Å². The second kappa shape index (κ2) is 9.27. The van der Waals surface area contributed by atoms with Gasteiger partial charge in [-0.2, -0.15) is 0 Å². The average Bonchev–Trinajstić information content (AvgIpc) is 2.89. The van der Waals surface area contributed by atoms with Crippen LogP contribution in [0.25, 0.3) is 0 Å². The lowest BCUT2D eigenvalue weighted by molar-refractivity contribution is 0.0754. The van der Waals surface area contributed by atoms with E-state index in [9.17, 15) is 9.59 Å². The lowest BCUT2D eigenvalue weighted by Gasteiger charge is -2.22. The Morgan fingerprint density at radius 1 is 1.10 bits per heavy atom. The van der Waals surface area contributed by atoms with Crippen molar-refractivity contribution in [2.75, 3.05) is 33.3 Å². The number of aromatic nitrogens is 1. The Kier molecular flexibility index (Phi) is 6.75. The zero-order valence-electron chi connectivity index (χ0n) is 17.9. The maximum Gasteiger partial charge on any atom is 0.270 e. The molecule has 0 unspecified atom stereocenters. The molecular formula is C23H31N3O3. The molecule has 0 spiro atoms. The zero-order valence-corrected chi connectivity index (χ0v) is 17.9. The molecule has 0 atom stereocenters. The number of rotatable bonds is 6. The Morgan fingerprint density at radius 3 is 2.45 bits per heavy atom. The highest BCUT2D eigenvalue weighted by Crippen LogP contribution is 2.22. The third-order valence-corrected chi connectivity index (χ3v) is 5.65. The molecule has 0 radical (unpaired) electrons. The summed E-state index contributed by atoms with van der Waals surface area (Å²) in [6.07, 6.45) is 1.60. The fraction of sp³-hybridized carbons (Fsp3) is 0.478. The minimum Gasteiger partial charge on any atom is -0.497 e. The Bertz CT molecular complexity index is 870. The van der Waals surface area contributed by atoms with E-state index in [0.717, 1.165) is 49.6 Å². The fourth-order valence-corrected chi connectivity index (χ4v) is 4.17. The van der Waals surface area contributed by atoms with Gasteiger partial charge in [-0.25, -0.2) is 0 Å². The van der Waals surface area contributed by atoms with E-state index in [1.807, 2.05) is 30.9 Å². The van der Waals surface area contributed by atoms with Gasteiger partial charge in [-0.05, 0) is 49.9 Å². The van der Waals surface area contributed by atoms with E-state index in [1.54, 1.807) is 14.0 Å². The molecule has 2 heterocycles. The first-order valence-electron chi connectivity index (χ1n) is 10.3. The topological polar surface area (TPSA) is 65.6 Å². The summed E-state index contributed by atoms with van der Waals surface area (Å²) in [6, 6.07) is 8.14. The van der Waals surface area contributed by atoms with E-state index in [1.165, 1.54) is 5.56 Å². The standard InChI is InChI=1S/C23H31N3O3/c1-5-20-21(17(3)27)16(2)24-22(20)23(28)26-12-6-11-25(13-14-26)15-18-7-9-19(29-4)10-8-18/h7-10,24H,5-6,11-15H2,1-4H3. The smallest absolute Gasteiger partial charge is 0.270 e. The van der Waals surface area contributed by atoms with Gasteiger partial charge in [0.15, 0.2) is 5.78 Å². The number of hydrogen-bond acceptors (Lipinski definition) is 4. The number of nitrogens with zero attached hydrogens (tertiary/aromatic N) is 2. The molecule has 1 saturated heterocycles. The number of methoxy groups -OCH3 is 1. The van der Waals surface area contributed by atoms with Crippen molar-refractivity contribution < 1.29 is 14.3 Å².